The summed E-state index contributed by atoms with van der Waals surface area (Å²) in [6, 6.07) is 11.0. The summed E-state index contributed by atoms with van der Waals surface area (Å²) >= 11 is 1.52. The number of rotatable bonds is 7. The Morgan fingerprint density at radius 3 is 2.49 bits per heavy atom. The average Bonchev–Trinajstić information content (AvgIpc) is 3.49. The maximum atomic E-state index is 13.9. The maximum Gasteiger partial charge on any atom is 0.247 e. The molecule has 1 aliphatic rings. The quantitative estimate of drug-likeness (QED) is 0.521. The first-order chi connectivity index (χ1) is 16.7. The summed E-state index contributed by atoms with van der Waals surface area (Å²) in [6.07, 6.45) is 4.99. The standard InChI is InChI=1S/C26H34N6O2S/c1-18-12-14-19(15-13-18)23(25(34)27-26(2,3)4)32(20-9-6-5-7-10-20)22(33)17-31-29-24(28-30-31)21-11-8-16-35-21/h8,11-16,20,23H,5-7,9-10,17H2,1-4H3,(H,27,34). The topological polar surface area (TPSA) is 93.0 Å². The van der Waals surface area contributed by atoms with Crippen LogP contribution in [0.4, 0.5) is 0 Å². The number of amides is 2. The monoisotopic (exact) mass is 494 g/mol. The van der Waals surface area contributed by atoms with Gasteiger partial charge in [-0.1, -0.05) is 55.2 Å². The van der Waals surface area contributed by atoms with Crippen molar-refractivity contribution in [2.24, 2.45) is 0 Å². The highest BCUT2D eigenvalue weighted by molar-refractivity contribution is 7.13. The predicted octanol–water partition coefficient (Wildman–Crippen LogP) is 4.53. The fourth-order valence-corrected chi connectivity index (χ4v) is 5.21. The van der Waals surface area contributed by atoms with Crippen LogP contribution in [-0.4, -0.2) is 48.5 Å². The summed E-state index contributed by atoms with van der Waals surface area (Å²) in [5.74, 6) is 0.144. The van der Waals surface area contributed by atoms with Gasteiger partial charge in [0.2, 0.25) is 17.6 Å². The van der Waals surface area contributed by atoms with Crippen LogP contribution >= 0.6 is 11.3 Å². The highest BCUT2D eigenvalue weighted by atomic mass is 32.1. The lowest BCUT2D eigenvalue weighted by Gasteiger charge is -2.40. The van der Waals surface area contributed by atoms with Gasteiger partial charge in [0.25, 0.3) is 0 Å². The number of carbonyl (C=O) groups excluding carboxylic acids is 2. The molecule has 35 heavy (non-hydrogen) atoms. The highest BCUT2D eigenvalue weighted by Gasteiger charge is 2.38. The normalized spacial score (nSPS) is 15.5. The van der Waals surface area contributed by atoms with E-state index in [1.165, 1.54) is 16.1 Å². The SMILES string of the molecule is Cc1ccc(C(C(=O)NC(C)(C)C)N(C(=O)Cn2nnc(-c3cccs3)n2)C2CCCCC2)cc1. The van der Waals surface area contributed by atoms with Crippen molar-refractivity contribution in [3.05, 3.63) is 52.9 Å². The molecular weight excluding hydrogens is 460 g/mol. The minimum Gasteiger partial charge on any atom is -0.349 e. The van der Waals surface area contributed by atoms with Crippen LogP contribution in [0.2, 0.25) is 0 Å². The summed E-state index contributed by atoms with van der Waals surface area (Å²) < 4.78 is 0. The van der Waals surface area contributed by atoms with E-state index in [2.05, 4.69) is 20.7 Å². The molecule has 2 amide bonds. The van der Waals surface area contributed by atoms with E-state index in [-0.39, 0.29) is 24.4 Å². The van der Waals surface area contributed by atoms with Crippen molar-refractivity contribution in [2.75, 3.05) is 0 Å². The van der Waals surface area contributed by atoms with Crippen LogP contribution in [0, 0.1) is 6.92 Å². The number of hydrogen-bond acceptors (Lipinski definition) is 6. The molecule has 0 spiro atoms. The van der Waals surface area contributed by atoms with Crippen LogP contribution in [0.15, 0.2) is 41.8 Å². The maximum absolute atomic E-state index is 13.9. The number of thiophene rings is 1. The van der Waals surface area contributed by atoms with Gasteiger partial charge in [-0.15, -0.1) is 21.5 Å². The summed E-state index contributed by atoms with van der Waals surface area (Å²) in [5.41, 5.74) is 1.49. The first-order valence-corrected chi connectivity index (χ1v) is 13.1. The summed E-state index contributed by atoms with van der Waals surface area (Å²) in [7, 11) is 0. The molecule has 0 saturated heterocycles. The van der Waals surface area contributed by atoms with Crippen molar-refractivity contribution in [3.8, 4) is 10.7 Å². The van der Waals surface area contributed by atoms with Crippen LogP contribution in [0.5, 0.6) is 0 Å². The molecule has 0 radical (unpaired) electrons. The van der Waals surface area contributed by atoms with Crippen LogP contribution < -0.4 is 5.32 Å². The van der Waals surface area contributed by atoms with Crippen LogP contribution in [0.1, 0.15) is 70.0 Å². The van der Waals surface area contributed by atoms with Gasteiger partial charge in [-0.2, -0.15) is 4.80 Å². The Hall–Kier alpha value is -3.07. The molecule has 1 saturated carbocycles. The van der Waals surface area contributed by atoms with Crippen molar-refractivity contribution in [1.82, 2.24) is 30.4 Å². The van der Waals surface area contributed by atoms with E-state index in [9.17, 15) is 9.59 Å². The number of tetrazole rings is 1. The first-order valence-electron chi connectivity index (χ1n) is 12.2. The second kappa shape index (κ2) is 10.7. The second-order valence-electron chi connectivity index (χ2n) is 10.3. The minimum absolute atomic E-state index is 0.0199. The first kappa shape index (κ1) is 25.0. The molecule has 9 heteroatoms. The third-order valence-corrected chi connectivity index (χ3v) is 7.01. The minimum atomic E-state index is -0.731. The third-order valence-electron chi connectivity index (χ3n) is 6.14. The van der Waals surface area contributed by atoms with Gasteiger partial charge in [-0.05, 0) is 62.8 Å². The largest absolute Gasteiger partial charge is 0.349 e. The second-order valence-corrected chi connectivity index (χ2v) is 11.2. The van der Waals surface area contributed by atoms with Gasteiger partial charge >= 0.3 is 0 Å². The van der Waals surface area contributed by atoms with Gasteiger partial charge in [0.05, 0.1) is 4.88 Å². The Labute approximate surface area is 210 Å². The van der Waals surface area contributed by atoms with Gasteiger partial charge < -0.3 is 10.2 Å². The molecule has 1 atom stereocenters. The Bertz CT molecular complexity index is 1130. The number of aryl methyl sites for hydroxylation is 1. The molecule has 1 aromatic carbocycles. The number of aromatic nitrogens is 4. The average molecular weight is 495 g/mol. The van der Waals surface area contributed by atoms with E-state index in [1.807, 2.05) is 69.5 Å². The number of benzene rings is 1. The lowest BCUT2D eigenvalue weighted by atomic mass is 9.91. The van der Waals surface area contributed by atoms with Crippen LogP contribution in [0.3, 0.4) is 0 Å². The van der Waals surface area contributed by atoms with E-state index in [1.54, 1.807) is 4.90 Å². The van der Waals surface area contributed by atoms with Gasteiger partial charge in [-0.3, -0.25) is 9.59 Å². The molecular formula is C26H34N6O2S. The Morgan fingerprint density at radius 1 is 1.14 bits per heavy atom. The third kappa shape index (κ3) is 6.33. The van der Waals surface area contributed by atoms with Crippen molar-refractivity contribution in [2.45, 2.75) is 84.0 Å². The molecule has 8 nitrogen and oxygen atoms in total. The number of nitrogens with one attached hydrogen (secondary N) is 1. The Morgan fingerprint density at radius 2 is 1.86 bits per heavy atom. The van der Waals surface area contributed by atoms with Crippen LogP contribution in [0.25, 0.3) is 10.7 Å². The summed E-state index contributed by atoms with van der Waals surface area (Å²) in [5, 5.41) is 17.7. The molecule has 4 rings (SSSR count). The molecule has 0 aliphatic heterocycles. The summed E-state index contributed by atoms with van der Waals surface area (Å²) in [4.78, 5) is 31.6. The lowest BCUT2D eigenvalue weighted by Crippen LogP contribution is -2.53. The molecule has 1 fully saturated rings. The zero-order valence-corrected chi connectivity index (χ0v) is 21.7. The molecule has 3 aromatic rings. The smallest absolute Gasteiger partial charge is 0.247 e. The molecule has 1 aliphatic carbocycles. The molecule has 2 heterocycles. The lowest BCUT2D eigenvalue weighted by molar-refractivity contribution is -0.146. The molecule has 1 unspecified atom stereocenters. The Balaban J connectivity index is 1.68. The van der Waals surface area contributed by atoms with Crippen LogP contribution in [-0.2, 0) is 16.1 Å². The van der Waals surface area contributed by atoms with Crippen molar-refractivity contribution in [1.29, 1.82) is 0 Å². The molecule has 186 valence electrons. The van der Waals surface area contributed by atoms with E-state index in [4.69, 9.17) is 0 Å². The van der Waals surface area contributed by atoms with E-state index >= 15 is 0 Å². The predicted molar refractivity (Wildman–Crippen MR) is 137 cm³/mol. The van der Waals surface area contributed by atoms with Gasteiger partial charge in [0, 0.05) is 11.6 Å². The highest BCUT2D eigenvalue weighted by Crippen LogP contribution is 2.32. The molecule has 2 aromatic heterocycles. The van der Waals surface area contributed by atoms with Gasteiger partial charge in [0.15, 0.2) is 0 Å². The summed E-state index contributed by atoms with van der Waals surface area (Å²) in [6.45, 7) is 7.81. The van der Waals surface area contributed by atoms with E-state index in [0.717, 1.165) is 48.1 Å². The zero-order valence-electron chi connectivity index (χ0n) is 20.9. The van der Waals surface area contributed by atoms with Gasteiger partial charge in [0.1, 0.15) is 12.6 Å². The number of nitrogens with zero attached hydrogens (tertiary/aromatic N) is 5. The zero-order chi connectivity index (χ0) is 25.0. The number of hydrogen-bond donors (Lipinski definition) is 1. The number of carbonyl (C=O) groups is 2. The fraction of sp³-hybridized carbons (Fsp3) is 0.500. The van der Waals surface area contributed by atoms with E-state index < -0.39 is 11.6 Å². The van der Waals surface area contributed by atoms with Crippen molar-refractivity contribution in [3.63, 3.8) is 0 Å². The van der Waals surface area contributed by atoms with E-state index in [0.29, 0.717) is 5.82 Å². The molecule has 0 bridgehead atoms. The van der Waals surface area contributed by atoms with Crippen molar-refractivity contribution >= 4 is 23.2 Å². The van der Waals surface area contributed by atoms with Gasteiger partial charge in [-0.25, -0.2) is 0 Å². The Kier molecular flexibility index (Phi) is 7.64. The fourth-order valence-electron chi connectivity index (χ4n) is 4.56. The molecule has 1 N–H and O–H groups in total. The van der Waals surface area contributed by atoms with Crippen molar-refractivity contribution < 1.29 is 9.59 Å².